The van der Waals surface area contributed by atoms with Crippen LogP contribution in [0.3, 0.4) is 0 Å². The van der Waals surface area contributed by atoms with E-state index in [0.29, 0.717) is 12.8 Å². The molecule has 0 aromatic rings. The SMILES string of the molecule is C=C=C(CCO)CCO. The van der Waals surface area contributed by atoms with Gasteiger partial charge in [0.25, 0.3) is 0 Å². The minimum Gasteiger partial charge on any atom is -0.396 e. The van der Waals surface area contributed by atoms with Gasteiger partial charge < -0.3 is 10.2 Å². The molecule has 0 spiro atoms. The standard InChI is InChI=1S/C7H12O2/c1-2-7(3-5-8)4-6-9/h8-9H,1,3-6H2. The summed E-state index contributed by atoms with van der Waals surface area (Å²) in [5.41, 5.74) is 3.54. The van der Waals surface area contributed by atoms with Gasteiger partial charge in [-0.25, -0.2) is 0 Å². The molecule has 0 heterocycles. The molecular formula is C7H12O2. The van der Waals surface area contributed by atoms with Crippen LogP contribution in [0, 0.1) is 0 Å². The van der Waals surface area contributed by atoms with Crippen LogP contribution < -0.4 is 0 Å². The zero-order valence-electron chi connectivity index (χ0n) is 5.43. The molecule has 0 aliphatic heterocycles. The van der Waals surface area contributed by atoms with Gasteiger partial charge in [-0.2, -0.15) is 0 Å². The maximum atomic E-state index is 8.42. The van der Waals surface area contributed by atoms with E-state index in [1.807, 2.05) is 0 Å². The van der Waals surface area contributed by atoms with Crippen molar-refractivity contribution in [2.24, 2.45) is 0 Å². The fourth-order valence-corrected chi connectivity index (χ4v) is 0.572. The Morgan fingerprint density at radius 1 is 1.22 bits per heavy atom. The highest BCUT2D eigenvalue weighted by molar-refractivity contribution is 4.98. The zero-order chi connectivity index (χ0) is 7.11. The van der Waals surface area contributed by atoms with Crippen molar-refractivity contribution in [1.29, 1.82) is 0 Å². The molecule has 0 saturated heterocycles. The molecule has 0 amide bonds. The first-order valence-corrected chi connectivity index (χ1v) is 2.94. The Balaban J connectivity index is 3.57. The van der Waals surface area contributed by atoms with Crippen LogP contribution in [-0.2, 0) is 0 Å². The van der Waals surface area contributed by atoms with Gasteiger partial charge in [0.1, 0.15) is 0 Å². The molecule has 2 heteroatoms. The van der Waals surface area contributed by atoms with Crippen molar-refractivity contribution in [2.75, 3.05) is 13.2 Å². The molecule has 0 atom stereocenters. The van der Waals surface area contributed by atoms with E-state index in [9.17, 15) is 0 Å². The maximum Gasteiger partial charge on any atom is 0.0474 e. The monoisotopic (exact) mass is 128 g/mol. The second-order valence-corrected chi connectivity index (χ2v) is 1.73. The normalized spacial score (nSPS) is 8.67. The molecule has 52 valence electrons. The van der Waals surface area contributed by atoms with Gasteiger partial charge in [-0.05, 0) is 18.4 Å². The van der Waals surface area contributed by atoms with E-state index in [1.54, 1.807) is 0 Å². The number of aliphatic hydroxyl groups excluding tert-OH is 2. The second-order valence-electron chi connectivity index (χ2n) is 1.73. The zero-order valence-corrected chi connectivity index (χ0v) is 5.43. The van der Waals surface area contributed by atoms with Gasteiger partial charge >= 0.3 is 0 Å². The molecule has 0 bridgehead atoms. The predicted octanol–water partition coefficient (Wildman–Crippen LogP) is 0.462. The minimum atomic E-state index is 0.109. The van der Waals surface area contributed by atoms with Gasteiger partial charge in [0, 0.05) is 13.2 Å². The summed E-state index contributed by atoms with van der Waals surface area (Å²) in [5, 5.41) is 16.8. The summed E-state index contributed by atoms with van der Waals surface area (Å²) >= 11 is 0. The lowest BCUT2D eigenvalue weighted by Crippen LogP contribution is -1.90. The molecule has 0 aliphatic rings. The van der Waals surface area contributed by atoms with E-state index in [-0.39, 0.29) is 13.2 Å². The first kappa shape index (κ1) is 8.44. The molecule has 9 heavy (non-hydrogen) atoms. The van der Waals surface area contributed by atoms with E-state index in [4.69, 9.17) is 10.2 Å². The quantitative estimate of drug-likeness (QED) is 0.540. The number of hydrogen-bond acceptors (Lipinski definition) is 2. The van der Waals surface area contributed by atoms with Crippen LogP contribution in [-0.4, -0.2) is 23.4 Å². The van der Waals surface area contributed by atoms with E-state index in [2.05, 4.69) is 12.3 Å². The van der Waals surface area contributed by atoms with Gasteiger partial charge in [0.05, 0.1) is 0 Å². The lowest BCUT2D eigenvalue weighted by molar-refractivity contribution is 0.280. The van der Waals surface area contributed by atoms with Crippen LogP contribution in [0.1, 0.15) is 12.8 Å². The minimum absolute atomic E-state index is 0.109. The van der Waals surface area contributed by atoms with Crippen molar-refractivity contribution >= 4 is 0 Å². The summed E-state index contributed by atoms with van der Waals surface area (Å²) in [6.07, 6.45) is 1.15. The van der Waals surface area contributed by atoms with Crippen molar-refractivity contribution in [3.63, 3.8) is 0 Å². The highest BCUT2D eigenvalue weighted by atomic mass is 16.3. The summed E-state index contributed by atoms with van der Waals surface area (Å²) in [6.45, 7) is 3.63. The molecular weight excluding hydrogens is 116 g/mol. The predicted molar refractivity (Wildman–Crippen MR) is 36.1 cm³/mol. The Morgan fingerprint density at radius 2 is 1.67 bits per heavy atom. The van der Waals surface area contributed by atoms with Crippen LogP contribution in [0.4, 0.5) is 0 Å². The Labute approximate surface area is 55.1 Å². The molecule has 0 aromatic heterocycles. The van der Waals surface area contributed by atoms with E-state index < -0.39 is 0 Å². The van der Waals surface area contributed by atoms with Crippen molar-refractivity contribution in [1.82, 2.24) is 0 Å². The Morgan fingerprint density at radius 3 is 1.89 bits per heavy atom. The van der Waals surface area contributed by atoms with Crippen LogP contribution in [0.2, 0.25) is 0 Å². The maximum absolute atomic E-state index is 8.42. The summed E-state index contributed by atoms with van der Waals surface area (Å²) in [6, 6.07) is 0. The topological polar surface area (TPSA) is 40.5 Å². The highest BCUT2D eigenvalue weighted by Gasteiger charge is 1.91. The second kappa shape index (κ2) is 5.57. The first-order valence-electron chi connectivity index (χ1n) is 2.94. The van der Waals surface area contributed by atoms with Crippen LogP contribution in [0.5, 0.6) is 0 Å². The van der Waals surface area contributed by atoms with Gasteiger partial charge in [-0.1, -0.05) is 6.58 Å². The van der Waals surface area contributed by atoms with Crippen LogP contribution in [0.15, 0.2) is 17.9 Å². The van der Waals surface area contributed by atoms with Crippen LogP contribution >= 0.6 is 0 Å². The highest BCUT2D eigenvalue weighted by Crippen LogP contribution is 2.01. The number of aliphatic hydroxyl groups is 2. The van der Waals surface area contributed by atoms with Gasteiger partial charge in [-0.3, -0.25) is 0 Å². The molecule has 0 unspecified atom stereocenters. The van der Waals surface area contributed by atoms with Gasteiger partial charge in [-0.15, -0.1) is 5.73 Å². The van der Waals surface area contributed by atoms with Gasteiger partial charge in [0.2, 0.25) is 0 Å². The third-order valence-corrected chi connectivity index (χ3v) is 1.08. The molecule has 0 fully saturated rings. The Bertz CT molecular complexity index is 104. The smallest absolute Gasteiger partial charge is 0.0474 e. The van der Waals surface area contributed by atoms with Crippen molar-refractivity contribution in [2.45, 2.75) is 12.8 Å². The average molecular weight is 128 g/mol. The molecule has 2 nitrogen and oxygen atoms in total. The van der Waals surface area contributed by atoms with Gasteiger partial charge in [0.15, 0.2) is 0 Å². The average Bonchev–Trinajstić information content (AvgIpc) is 1.88. The number of rotatable bonds is 4. The van der Waals surface area contributed by atoms with E-state index in [0.717, 1.165) is 5.57 Å². The molecule has 0 aliphatic carbocycles. The summed E-state index contributed by atoms with van der Waals surface area (Å²) in [7, 11) is 0. The number of hydrogen-bond donors (Lipinski definition) is 2. The fraction of sp³-hybridized carbons (Fsp3) is 0.571. The largest absolute Gasteiger partial charge is 0.396 e. The van der Waals surface area contributed by atoms with E-state index in [1.165, 1.54) is 0 Å². The van der Waals surface area contributed by atoms with Crippen molar-refractivity contribution in [3.8, 4) is 0 Å². The van der Waals surface area contributed by atoms with Crippen LogP contribution in [0.25, 0.3) is 0 Å². The lowest BCUT2D eigenvalue weighted by atomic mass is 10.1. The Kier molecular flexibility index (Phi) is 5.23. The molecule has 0 saturated carbocycles. The summed E-state index contributed by atoms with van der Waals surface area (Å²) < 4.78 is 0. The fourth-order valence-electron chi connectivity index (χ4n) is 0.572. The summed E-state index contributed by atoms with van der Waals surface area (Å²) in [5.74, 6) is 0. The molecule has 0 radical (unpaired) electrons. The van der Waals surface area contributed by atoms with Crippen molar-refractivity contribution < 1.29 is 10.2 Å². The molecule has 0 rings (SSSR count). The third-order valence-electron chi connectivity index (χ3n) is 1.08. The van der Waals surface area contributed by atoms with E-state index >= 15 is 0 Å². The molecule has 0 aromatic carbocycles. The third kappa shape index (κ3) is 3.98. The lowest BCUT2D eigenvalue weighted by Gasteiger charge is -1.96. The van der Waals surface area contributed by atoms with Crippen molar-refractivity contribution in [3.05, 3.63) is 17.9 Å². The summed E-state index contributed by atoms with van der Waals surface area (Å²) in [4.78, 5) is 0. The Hall–Kier alpha value is -0.560. The molecule has 2 N–H and O–H groups in total. The first-order chi connectivity index (χ1) is 4.35.